The summed E-state index contributed by atoms with van der Waals surface area (Å²) in [5.74, 6) is 1.15. The lowest BCUT2D eigenvalue weighted by atomic mass is 9.96. The second-order valence-corrected chi connectivity index (χ2v) is 4.60. The van der Waals surface area contributed by atoms with Crippen LogP contribution < -0.4 is 0 Å². The number of carbonyl (C=O) groups is 1. The van der Waals surface area contributed by atoms with Crippen LogP contribution >= 0.6 is 0 Å². The van der Waals surface area contributed by atoms with Gasteiger partial charge in [-0.3, -0.25) is 9.69 Å². The van der Waals surface area contributed by atoms with Gasteiger partial charge in [-0.05, 0) is 25.7 Å². The number of hydrogen-bond acceptors (Lipinski definition) is 3. The van der Waals surface area contributed by atoms with Gasteiger partial charge in [0.25, 0.3) is 0 Å². The third kappa shape index (κ3) is 2.55. The van der Waals surface area contributed by atoms with Gasteiger partial charge in [-0.15, -0.1) is 0 Å². The minimum atomic E-state index is 0.408. The molecule has 2 aliphatic heterocycles. The number of rotatable bonds is 2. The zero-order valence-electron chi connectivity index (χ0n) is 8.87. The standard InChI is InChI=1S/C11H19NO2/c1-9-6-10(3-5-14-9)7-12-4-2-11(13)8-12/h9-10H,2-8H2,1H3. The molecule has 2 atom stereocenters. The van der Waals surface area contributed by atoms with E-state index in [9.17, 15) is 4.79 Å². The first kappa shape index (κ1) is 10.1. The van der Waals surface area contributed by atoms with Gasteiger partial charge in [0.2, 0.25) is 0 Å². The molecule has 0 spiro atoms. The SMILES string of the molecule is CC1CC(CN2CCC(=O)C2)CCO1. The molecule has 0 aliphatic carbocycles. The summed E-state index contributed by atoms with van der Waals surface area (Å²) in [6.45, 7) is 5.80. The fourth-order valence-electron chi connectivity index (χ4n) is 2.47. The summed E-state index contributed by atoms with van der Waals surface area (Å²) in [5.41, 5.74) is 0. The Kier molecular flexibility index (Phi) is 3.19. The summed E-state index contributed by atoms with van der Waals surface area (Å²) in [5, 5.41) is 0. The van der Waals surface area contributed by atoms with E-state index in [1.165, 1.54) is 0 Å². The highest BCUT2D eigenvalue weighted by Crippen LogP contribution is 2.21. The second kappa shape index (κ2) is 4.41. The lowest BCUT2D eigenvalue weighted by Gasteiger charge is -2.30. The van der Waals surface area contributed by atoms with E-state index in [2.05, 4.69) is 11.8 Å². The summed E-state index contributed by atoms with van der Waals surface area (Å²) in [6, 6.07) is 0. The van der Waals surface area contributed by atoms with E-state index < -0.39 is 0 Å². The Morgan fingerprint density at radius 2 is 2.43 bits per heavy atom. The predicted molar refractivity (Wildman–Crippen MR) is 54.2 cm³/mol. The van der Waals surface area contributed by atoms with Gasteiger partial charge >= 0.3 is 0 Å². The molecular formula is C11H19NO2. The molecule has 0 radical (unpaired) electrons. The zero-order valence-corrected chi connectivity index (χ0v) is 8.87. The summed E-state index contributed by atoms with van der Waals surface area (Å²) in [6.07, 6.45) is 3.49. The lowest BCUT2D eigenvalue weighted by Crippen LogP contribution is -2.33. The van der Waals surface area contributed by atoms with Crippen LogP contribution in [0.3, 0.4) is 0 Å². The van der Waals surface area contributed by atoms with Crippen molar-refractivity contribution in [1.29, 1.82) is 0 Å². The van der Waals surface area contributed by atoms with Crippen LogP contribution in [0.5, 0.6) is 0 Å². The van der Waals surface area contributed by atoms with Gasteiger partial charge in [0.05, 0.1) is 12.6 Å². The predicted octanol–water partition coefficient (Wildman–Crippen LogP) is 1.08. The summed E-state index contributed by atoms with van der Waals surface area (Å²) >= 11 is 0. The molecule has 2 unspecified atom stereocenters. The zero-order chi connectivity index (χ0) is 9.97. The Morgan fingerprint density at radius 1 is 1.57 bits per heavy atom. The van der Waals surface area contributed by atoms with E-state index in [0.717, 1.165) is 44.9 Å². The van der Waals surface area contributed by atoms with Crippen molar-refractivity contribution < 1.29 is 9.53 Å². The quantitative estimate of drug-likeness (QED) is 0.663. The van der Waals surface area contributed by atoms with Gasteiger partial charge < -0.3 is 4.74 Å². The van der Waals surface area contributed by atoms with Crippen molar-refractivity contribution in [3.63, 3.8) is 0 Å². The van der Waals surface area contributed by atoms with E-state index in [4.69, 9.17) is 4.74 Å². The van der Waals surface area contributed by atoms with Crippen LogP contribution in [0, 0.1) is 5.92 Å². The van der Waals surface area contributed by atoms with Crippen molar-refractivity contribution >= 4 is 5.78 Å². The first-order valence-electron chi connectivity index (χ1n) is 5.59. The van der Waals surface area contributed by atoms with Crippen LogP contribution in [0.1, 0.15) is 26.2 Å². The van der Waals surface area contributed by atoms with E-state index in [1.54, 1.807) is 0 Å². The molecule has 2 saturated heterocycles. The molecule has 2 rings (SSSR count). The highest BCUT2D eigenvalue weighted by molar-refractivity contribution is 5.82. The molecule has 0 aromatic carbocycles. The molecule has 2 heterocycles. The number of ketones is 1. The smallest absolute Gasteiger partial charge is 0.148 e. The fourth-order valence-corrected chi connectivity index (χ4v) is 2.47. The van der Waals surface area contributed by atoms with Gasteiger partial charge in [-0.1, -0.05) is 0 Å². The van der Waals surface area contributed by atoms with E-state index in [0.29, 0.717) is 18.4 Å². The van der Waals surface area contributed by atoms with Crippen LogP contribution in [0.25, 0.3) is 0 Å². The van der Waals surface area contributed by atoms with E-state index in [1.807, 2.05) is 0 Å². The summed E-state index contributed by atoms with van der Waals surface area (Å²) < 4.78 is 5.51. The minimum Gasteiger partial charge on any atom is -0.378 e. The van der Waals surface area contributed by atoms with E-state index >= 15 is 0 Å². The normalized spacial score (nSPS) is 35.1. The van der Waals surface area contributed by atoms with Crippen molar-refractivity contribution in [1.82, 2.24) is 4.90 Å². The van der Waals surface area contributed by atoms with Crippen molar-refractivity contribution in [3.05, 3.63) is 0 Å². The molecular weight excluding hydrogens is 178 g/mol. The highest BCUT2D eigenvalue weighted by Gasteiger charge is 2.25. The van der Waals surface area contributed by atoms with Gasteiger partial charge in [0.15, 0.2) is 0 Å². The topological polar surface area (TPSA) is 29.5 Å². The number of likely N-dealkylation sites (tertiary alicyclic amines) is 1. The van der Waals surface area contributed by atoms with Crippen molar-refractivity contribution in [2.75, 3.05) is 26.2 Å². The largest absolute Gasteiger partial charge is 0.378 e. The molecule has 0 saturated carbocycles. The average molecular weight is 197 g/mol. The Morgan fingerprint density at radius 3 is 3.07 bits per heavy atom. The molecule has 3 heteroatoms. The van der Waals surface area contributed by atoms with Gasteiger partial charge in [0, 0.05) is 26.1 Å². The van der Waals surface area contributed by atoms with Crippen molar-refractivity contribution in [3.8, 4) is 0 Å². The van der Waals surface area contributed by atoms with Crippen molar-refractivity contribution in [2.24, 2.45) is 5.92 Å². The Balaban J connectivity index is 1.76. The van der Waals surface area contributed by atoms with Gasteiger partial charge in [-0.25, -0.2) is 0 Å². The first-order valence-corrected chi connectivity index (χ1v) is 5.59. The van der Waals surface area contributed by atoms with Crippen LogP contribution in [0.2, 0.25) is 0 Å². The lowest BCUT2D eigenvalue weighted by molar-refractivity contribution is -0.117. The fraction of sp³-hybridized carbons (Fsp3) is 0.909. The molecule has 0 aromatic rings. The maximum atomic E-state index is 11.1. The highest BCUT2D eigenvalue weighted by atomic mass is 16.5. The van der Waals surface area contributed by atoms with Crippen LogP contribution in [0.4, 0.5) is 0 Å². The van der Waals surface area contributed by atoms with Crippen molar-refractivity contribution in [2.45, 2.75) is 32.3 Å². The van der Waals surface area contributed by atoms with Gasteiger partial charge in [-0.2, -0.15) is 0 Å². The molecule has 0 amide bonds. The molecule has 0 aromatic heterocycles. The molecule has 2 fully saturated rings. The molecule has 2 aliphatic rings. The molecule has 0 bridgehead atoms. The van der Waals surface area contributed by atoms with Crippen LogP contribution in [-0.4, -0.2) is 43.0 Å². The monoisotopic (exact) mass is 197 g/mol. The number of Topliss-reactive ketones (excluding diaryl/α,β-unsaturated/α-hetero) is 1. The molecule has 14 heavy (non-hydrogen) atoms. The summed E-state index contributed by atoms with van der Waals surface area (Å²) in [4.78, 5) is 13.4. The maximum Gasteiger partial charge on any atom is 0.148 e. The van der Waals surface area contributed by atoms with Crippen LogP contribution in [-0.2, 0) is 9.53 Å². The molecule has 80 valence electrons. The Hall–Kier alpha value is -0.410. The maximum absolute atomic E-state index is 11.1. The van der Waals surface area contributed by atoms with Gasteiger partial charge in [0.1, 0.15) is 5.78 Å². The third-order valence-corrected chi connectivity index (χ3v) is 3.22. The van der Waals surface area contributed by atoms with E-state index in [-0.39, 0.29) is 0 Å². The second-order valence-electron chi connectivity index (χ2n) is 4.60. The number of ether oxygens (including phenoxy) is 1. The molecule has 3 nitrogen and oxygen atoms in total. The minimum absolute atomic E-state index is 0.408. The Bertz CT molecular complexity index is 217. The number of nitrogens with zero attached hydrogens (tertiary/aromatic N) is 1. The molecule has 0 N–H and O–H groups in total. The average Bonchev–Trinajstić information content (AvgIpc) is 2.51. The Labute approximate surface area is 85.4 Å². The third-order valence-electron chi connectivity index (χ3n) is 3.22. The summed E-state index contributed by atoms with van der Waals surface area (Å²) in [7, 11) is 0. The number of hydrogen-bond donors (Lipinski definition) is 0. The first-order chi connectivity index (χ1) is 6.74. The van der Waals surface area contributed by atoms with Crippen LogP contribution in [0.15, 0.2) is 0 Å². The number of carbonyl (C=O) groups excluding carboxylic acids is 1.